The average molecular weight is 367 g/mol. The van der Waals surface area contributed by atoms with Gasteiger partial charge in [0.25, 0.3) is 5.91 Å². The third-order valence-corrected chi connectivity index (χ3v) is 2.88. The summed E-state index contributed by atoms with van der Waals surface area (Å²) >= 11 is 6.45. The number of methoxy groups -OCH3 is 1. The van der Waals surface area contributed by atoms with E-state index in [-0.39, 0.29) is 17.9 Å². The van der Waals surface area contributed by atoms with Crippen molar-refractivity contribution in [3.63, 3.8) is 0 Å². The molecule has 0 atom stereocenters. The lowest BCUT2D eigenvalue weighted by Crippen LogP contribution is -2.17. The minimum absolute atomic E-state index is 0.176. The summed E-state index contributed by atoms with van der Waals surface area (Å²) in [6.45, 7) is -0.295. The van der Waals surface area contributed by atoms with Crippen molar-refractivity contribution in [1.82, 2.24) is 0 Å². The van der Waals surface area contributed by atoms with Gasteiger partial charge in [0.1, 0.15) is 5.75 Å². The van der Waals surface area contributed by atoms with Gasteiger partial charge in [0, 0.05) is 4.47 Å². The fourth-order valence-electron chi connectivity index (χ4n) is 1.08. The molecule has 1 aromatic rings. The number of esters is 1. The molecule has 0 saturated heterocycles. The number of carbonyl (C=O) groups excluding carboxylic acids is 2. The van der Waals surface area contributed by atoms with Crippen molar-refractivity contribution < 1.29 is 19.1 Å². The fraction of sp³-hybridized carbons (Fsp3) is 0.200. The van der Waals surface area contributed by atoms with E-state index in [2.05, 4.69) is 36.6 Å². The van der Waals surface area contributed by atoms with Gasteiger partial charge >= 0.3 is 5.97 Å². The van der Waals surface area contributed by atoms with Gasteiger partial charge in [0.2, 0.25) is 0 Å². The van der Waals surface area contributed by atoms with Gasteiger partial charge in [0.15, 0.2) is 6.61 Å². The Balaban J connectivity index is 3.04. The smallest absolute Gasteiger partial charge is 0.343 e. The molecule has 17 heavy (non-hydrogen) atoms. The van der Waals surface area contributed by atoms with E-state index < -0.39 is 11.9 Å². The maximum Gasteiger partial charge on any atom is 0.343 e. The number of hydrogen-bond acceptors (Lipinski definition) is 4. The number of carbonyl (C=O) groups is 2. The third-order valence-electron chi connectivity index (χ3n) is 1.84. The zero-order valence-corrected chi connectivity index (χ0v) is 12.0. The van der Waals surface area contributed by atoms with Crippen LogP contribution in [0.3, 0.4) is 0 Å². The van der Waals surface area contributed by atoms with E-state index in [1.165, 1.54) is 13.2 Å². The van der Waals surface area contributed by atoms with Crippen LogP contribution in [0.25, 0.3) is 0 Å². The van der Waals surface area contributed by atoms with E-state index in [0.717, 1.165) is 0 Å². The zero-order chi connectivity index (χ0) is 13.0. The highest BCUT2D eigenvalue weighted by molar-refractivity contribution is 9.11. The summed E-state index contributed by atoms with van der Waals surface area (Å²) in [4.78, 5) is 22.2. The lowest BCUT2D eigenvalue weighted by atomic mass is 10.2. The van der Waals surface area contributed by atoms with Gasteiger partial charge in [-0.3, -0.25) is 4.79 Å². The first-order valence-corrected chi connectivity index (χ1v) is 6.02. The van der Waals surface area contributed by atoms with E-state index in [1.807, 2.05) is 0 Å². The van der Waals surface area contributed by atoms with Crippen LogP contribution in [0.5, 0.6) is 5.75 Å². The average Bonchev–Trinajstić information content (AvgIpc) is 2.26. The van der Waals surface area contributed by atoms with Gasteiger partial charge in [-0.25, -0.2) is 4.79 Å². The first-order valence-electron chi connectivity index (χ1n) is 4.44. The molecule has 92 valence electrons. The van der Waals surface area contributed by atoms with Gasteiger partial charge in [-0.15, -0.1) is 0 Å². The number of nitrogens with two attached hydrogens (primary N) is 1. The molecule has 2 N–H and O–H groups in total. The van der Waals surface area contributed by atoms with Crippen LogP contribution >= 0.6 is 31.9 Å². The predicted octanol–water partition coefficient (Wildman–Crippen LogP) is 1.86. The number of rotatable bonds is 4. The van der Waals surface area contributed by atoms with E-state index >= 15 is 0 Å². The minimum atomic E-state index is -0.646. The van der Waals surface area contributed by atoms with Crippen molar-refractivity contribution in [3.8, 4) is 5.75 Å². The second-order valence-electron chi connectivity index (χ2n) is 2.99. The summed E-state index contributed by atoms with van der Waals surface area (Å²) in [5.41, 5.74) is 5.39. The number of ether oxygens (including phenoxy) is 2. The van der Waals surface area contributed by atoms with Crippen molar-refractivity contribution in [1.29, 1.82) is 0 Å². The van der Waals surface area contributed by atoms with Crippen LogP contribution in [0.15, 0.2) is 21.1 Å². The third kappa shape index (κ3) is 3.71. The Morgan fingerprint density at radius 2 is 2.00 bits per heavy atom. The molecule has 0 spiro atoms. The molecule has 0 saturated carbocycles. The largest absolute Gasteiger partial charge is 0.480 e. The van der Waals surface area contributed by atoms with Crippen LogP contribution in [0.1, 0.15) is 10.4 Å². The van der Waals surface area contributed by atoms with Crippen LogP contribution in [0.4, 0.5) is 0 Å². The molecular weight excluding hydrogens is 358 g/mol. The molecule has 0 fully saturated rings. The van der Waals surface area contributed by atoms with Gasteiger partial charge in [-0.05, 0) is 28.1 Å². The standard InChI is InChI=1S/C10H9Br2NO4/c1-16-8(14)4-17-9-6(10(13)15)2-5(11)3-7(9)12/h2-3H,4H2,1H3,(H2,13,15). The zero-order valence-electron chi connectivity index (χ0n) is 8.83. The highest BCUT2D eigenvalue weighted by Gasteiger charge is 2.16. The van der Waals surface area contributed by atoms with Crippen molar-refractivity contribution in [2.75, 3.05) is 13.7 Å². The SMILES string of the molecule is COC(=O)COc1c(Br)cc(Br)cc1C(N)=O. The molecule has 1 aromatic carbocycles. The second-order valence-corrected chi connectivity index (χ2v) is 4.76. The van der Waals surface area contributed by atoms with Crippen LogP contribution in [0.2, 0.25) is 0 Å². The molecule has 0 radical (unpaired) electrons. The maximum absolute atomic E-state index is 11.2. The Morgan fingerprint density at radius 3 is 2.53 bits per heavy atom. The van der Waals surface area contributed by atoms with Crippen molar-refractivity contribution in [2.24, 2.45) is 5.73 Å². The molecule has 7 heteroatoms. The van der Waals surface area contributed by atoms with E-state index in [1.54, 1.807) is 6.07 Å². The first kappa shape index (κ1) is 14.0. The Kier molecular flexibility index (Phi) is 4.95. The normalized spacial score (nSPS) is 9.82. The molecule has 0 bridgehead atoms. The van der Waals surface area contributed by atoms with Gasteiger partial charge in [-0.2, -0.15) is 0 Å². The molecule has 0 aliphatic heterocycles. The van der Waals surface area contributed by atoms with Gasteiger partial charge in [-0.1, -0.05) is 15.9 Å². The summed E-state index contributed by atoms with van der Waals surface area (Å²) in [5, 5.41) is 0. The molecule has 0 aliphatic rings. The summed E-state index contributed by atoms with van der Waals surface area (Å²) in [6, 6.07) is 3.19. The maximum atomic E-state index is 11.2. The summed E-state index contributed by atoms with van der Waals surface area (Å²) < 4.78 is 10.8. The summed E-state index contributed by atoms with van der Waals surface area (Å²) in [7, 11) is 1.25. The molecule has 1 rings (SSSR count). The summed E-state index contributed by atoms with van der Waals surface area (Å²) in [6.07, 6.45) is 0. The van der Waals surface area contributed by atoms with E-state index in [9.17, 15) is 9.59 Å². The van der Waals surface area contributed by atoms with Crippen LogP contribution in [0, 0.1) is 0 Å². The molecule has 1 amide bonds. The topological polar surface area (TPSA) is 78.6 Å². The van der Waals surface area contributed by atoms with Gasteiger partial charge in [0.05, 0.1) is 17.1 Å². The highest BCUT2D eigenvalue weighted by atomic mass is 79.9. The number of hydrogen-bond donors (Lipinski definition) is 1. The lowest BCUT2D eigenvalue weighted by molar-refractivity contribution is -0.142. The van der Waals surface area contributed by atoms with Crippen LogP contribution < -0.4 is 10.5 Å². The monoisotopic (exact) mass is 365 g/mol. The van der Waals surface area contributed by atoms with Crippen molar-refractivity contribution in [2.45, 2.75) is 0 Å². The van der Waals surface area contributed by atoms with Gasteiger partial charge < -0.3 is 15.2 Å². The number of halogens is 2. The molecule has 0 heterocycles. The number of benzene rings is 1. The summed E-state index contributed by atoms with van der Waals surface area (Å²) in [5.74, 6) is -0.979. The van der Waals surface area contributed by atoms with Crippen molar-refractivity contribution in [3.05, 3.63) is 26.6 Å². The molecule has 0 unspecified atom stereocenters. The van der Waals surface area contributed by atoms with E-state index in [4.69, 9.17) is 10.5 Å². The molecule has 5 nitrogen and oxygen atoms in total. The van der Waals surface area contributed by atoms with Crippen LogP contribution in [-0.4, -0.2) is 25.6 Å². The highest BCUT2D eigenvalue weighted by Crippen LogP contribution is 2.32. The van der Waals surface area contributed by atoms with E-state index in [0.29, 0.717) is 8.95 Å². The predicted molar refractivity (Wildman–Crippen MR) is 67.9 cm³/mol. The molecular formula is C10H9Br2NO4. The Labute approximate surface area is 115 Å². The first-order chi connectivity index (χ1) is 7.95. The minimum Gasteiger partial charge on any atom is -0.480 e. The lowest BCUT2D eigenvalue weighted by Gasteiger charge is -2.11. The number of amides is 1. The fourth-order valence-corrected chi connectivity index (χ4v) is 2.42. The molecule has 0 aromatic heterocycles. The Hall–Kier alpha value is -1.08. The Bertz CT molecular complexity index is 462. The molecule has 0 aliphatic carbocycles. The Morgan fingerprint density at radius 1 is 1.35 bits per heavy atom. The number of primary amides is 1. The van der Waals surface area contributed by atoms with Crippen LogP contribution in [-0.2, 0) is 9.53 Å². The second kappa shape index (κ2) is 6.02. The quantitative estimate of drug-likeness (QED) is 0.825. The van der Waals surface area contributed by atoms with Crippen molar-refractivity contribution >= 4 is 43.7 Å².